The Hall–Kier alpha value is -3.53. The summed E-state index contributed by atoms with van der Waals surface area (Å²) in [5.74, 6) is 0.228. The summed E-state index contributed by atoms with van der Waals surface area (Å²) in [4.78, 5) is 12.3. The molecule has 152 valence electrons. The quantitative estimate of drug-likeness (QED) is 0.612. The molecular weight excluding hydrogens is 396 g/mol. The zero-order valence-electron chi connectivity index (χ0n) is 16.0. The van der Waals surface area contributed by atoms with Gasteiger partial charge in [-0.1, -0.05) is 6.07 Å². The van der Waals surface area contributed by atoms with Crippen molar-refractivity contribution in [1.29, 1.82) is 0 Å². The average Bonchev–Trinajstić information content (AvgIpc) is 3.13. The number of benzene rings is 2. The number of amides is 1. The lowest BCUT2D eigenvalue weighted by atomic mass is 10.3. The number of aryl methyl sites for hydroxylation is 1. The normalized spacial score (nSPS) is 11.0. The van der Waals surface area contributed by atoms with E-state index >= 15 is 0 Å². The van der Waals surface area contributed by atoms with Crippen LogP contribution in [0.4, 0.5) is 11.4 Å². The van der Waals surface area contributed by atoms with Crippen molar-refractivity contribution in [2.24, 2.45) is 7.05 Å². The summed E-state index contributed by atoms with van der Waals surface area (Å²) in [6.07, 6.45) is 1.51. The van der Waals surface area contributed by atoms with Gasteiger partial charge in [-0.2, -0.15) is 5.10 Å². The van der Waals surface area contributed by atoms with Crippen LogP contribution in [0.3, 0.4) is 0 Å². The number of rotatable bonds is 7. The highest BCUT2D eigenvalue weighted by atomic mass is 32.2. The molecule has 29 heavy (non-hydrogen) atoms. The Balaban J connectivity index is 1.85. The fourth-order valence-electron chi connectivity index (χ4n) is 2.66. The van der Waals surface area contributed by atoms with Gasteiger partial charge in [0.2, 0.25) is 0 Å². The minimum atomic E-state index is -3.93. The van der Waals surface area contributed by atoms with Crippen LogP contribution in [0.5, 0.6) is 11.5 Å². The van der Waals surface area contributed by atoms with E-state index < -0.39 is 10.0 Å². The lowest BCUT2D eigenvalue weighted by Crippen LogP contribution is -2.17. The van der Waals surface area contributed by atoms with Gasteiger partial charge in [0.05, 0.1) is 19.9 Å². The third-order valence-corrected chi connectivity index (χ3v) is 5.51. The van der Waals surface area contributed by atoms with Crippen LogP contribution >= 0.6 is 0 Å². The van der Waals surface area contributed by atoms with Gasteiger partial charge in [0.15, 0.2) is 0 Å². The molecule has 2 aromatic carbocycles. The molecule has 0 aliphatic heterocycles. The molecule has 0 saturated heterocycles. The Morgan fingerprint density at radius 2 is 1.83 bits per heavy atom. The molecule has 0 aliphatic rings. The third-order valence-electron chi connectivity index (χ3n) is 4.09. The van der Waals surface area contributed by atoms with Gasteiger partial charge in [0.25, 0.3) is 15.9 Å². The molecule has 0 atom stereocenters. The predicted molar refractivity (Wildman–Crippen MR) is 108 cm³/mol. The van der Waals surface area contributed by atoms with E-state index in [1.165, 1.54) is 43.3 Å². The summed E-state index contributed by atoms with van der Waals surface area (Å²) in [5, 5.41) is 6.64. The number of nitrogens with one attached hydrogen (secondary N) is 2. The molecule has 0 unspecified atom stereocenters. The first-order valence-corrected chi connectivity index (χ1v) is 9.96. The summed E-state index contributed by atoms with van der Waals surface area (Å²) >= 11 is 0. The lowest BCUT2D eigenvalue weighted by Gasteiger charge is -2.14. The van der Waals surface area contributed by atoms with Gasteiger partial charge in [0.1, 0.15) is 22.1 Å². The van der Waals surface area contributed by atoms with Crippen LogP contribution in [0, 0.1) is 0 Å². The molecule has 1 aromatic heterocycles. The molecular formula is C19H20N4O5S. The van der Waals surface area contributed by atoms with Crippen LogP contribution in [0.15, 0.2) is 59.6 Å². The van der Waals surface area contributed by atoms with Crippen molar-refractivity contribution in [3.63, 3.8) is 0 Å². The Morgan fingerprint density at radius 3 is 2.48 bits per heavy atom. The first kappa shape index (κ1) is 20.2. The zero-order valence-corrected chi connectivity index (χ0v) is 16.9. The number of methoxy groups -OCH3 is 2. The zero-order chi connectivity index (χ0) is 21.0. The summed E-state index contributed by atoms with van der Waals surface area (Å²) in [7, 11) is 0.564. The maximum absolute atomic E-state index is 12.8. The maximum Gasteiger partial charge on any atom is 0.273 e. The van der Waals surface area contributed by atoms with E-state index in [2.05, 4.69) is 15.1 Å². The number of ether oxygens (including phenoxy) is 2. The number of carbonyl (C=O) groups is 1. The van der Waals surface area contributed by atoms with Gasteiger partial charge >= 0.3 is 0 Å². The van der Waals surface area contributed by atoms with Crippen molar-refractivity contribution >= 4 is 27.3 Å². The van der Waals surface area contributed by atoms with Gasteiger partial charge in [-0.3, -0.25) is 14.2 Å². The molecule has 0 fully saturated rings. The molecule has 9 nitrogen and oxygen atoms in total. The summed E-state index contributed by atoms with van der Waals surface area (Å²) in [6, 6.07) is 12.4. The number of aromatic nitrogens is 2. The Bertz CT molecular complexity index is 1140. The SMILES string of the molecule is COc1cccc(NS(=O)(=O)c2ccc(NC(=O)c3ccnn3C)cc2OC)c1. The van der Waals surface area contributed by atoms with Crippen molar-refractivity contribution < 1.29 is 22.7 Å². The molecule has 3 aromatic rings. The number of anilines is 2. The van der Waals surface area contributed by atoms with E-state index in [4.69, 9.17) is 9.47 Å². The van der Waals surface area contributed by atoms with Crippen LogP contribution in [0.25, 0.3) is 0 Å². The molecule has 3 rings (SSSR count). The van der Waals surface area contributed by atoms with Gasteiger partial charge in [-0.05, 0) is 30.3 Å². The smallest absolute Gasteiger partial charge is 0.273 e. The molecule has 1 heterocycles. The number of hydrogen-bond donors (Lipinski definition) is 2. The first-order valence-electron chi connectivity index (χ1n) is 8.48. The summed E-state index contributed by atoms with van der Waals surface area (Å²) in [5.41, 5.74) is 1.09. The molecule has 0 spiro atoms. The average molecular weight is 416 g/mol. The highest BCUT2D eigenvalue weighted by Gasteiger charge is 2.21. The second kappa shape index (κ2) is 8.23. The Labute approximate surface area is 168 Å². The number of sulfonamides is 1. The van der Waals surface area contributed by atoms with Crippen LogP contribution in [-0.2, 0) is 17.1 Å². The topological polar surface area (TPSA) is 112 Å². The maximum atomic E-state index is 12.8. The standard InChI is InChI=1S/C19H20N4O5S/c1-23-16(9-10-20-23)19(24)21-13-7-8-18(17(12-13)28-3)29(25,26)22-14-5-4-6-15(11-14)27-2/h4-12,22H,1-3H3,(H,21,24). The van der Waals surface area contributed by atoms with Gasteiger partial charge in [-0.25, -0.2) is 8.42 Å². The molecule has 10 heteroatoms. The van der Waals surface area contributed by atoms with Crippen molar-refractivity contribution in [3.8, 4) is 11.5 Å². The van der Waals surface area contributed by atoms with E-state index in [0.717, 1.165) is 0 Å². The van der Waals surface area contributed by atoms with Gasteiger partial charge in [0, 0.05) is 31.1 Å². The fraction of sp³-hybridized carbons (Fsp3) is 0.158. The number of nitrogens with zero attached hydrogens (tertiary/aromatic N) is 2. The van der Waals surface area contributed by atoms with Crippen LogP contribution in [0.2, 0.25) is 0 Å². The van der Waals surface area contributed by atoms with Crippen molar-refractivity contribution in [3.05, 3.63) is 60.4 Å². The van der Waals surface area contributed by atoms with Crippen LogP contribution < -0.4 is 19.5 Å². The fourth-order valence-corrected chi connectivity index (χ4v) is 3.86. The van der Waals surface area contributed by atoms with Crippen LogP contribution in [0.1, 0.15) is 10.5 Å². The second-order valence-corrected chi connectivity index (χ2v) is 7.65. The molecule has 0 bridgehead atoms. The summed E-state index contributed by atoms with van der Waals surface area (Å²) in [6.45, 7) is 0. The van der Waals surface area contributed by atoms with Gasteiger partial charge in [-0.15, -0.1) is 0 Å². The second-order valence-electron chi connectivity index (χ2n) is 6.00. The monoisotopic (exact) mass is 416 g/mol. The van der Waals surface area contributed by atoms with Gasteiger partial charge < -0.3 is 14.8 Å². The first-order chi connectivity index (χ1) is 13.8. The Kier molecular flexibility index (Phi) is 5.74. The molecule has 0 saturated carbocycles. The van der Waals surface area contributed by atoms with Crippen LogP contribution in [-0.4, -0.2) is 38.3 Å². The molecule has 0 radical (unpaired) electrons. The van der Waals surface area contributed by atoms with Crippen molar-refractivity contribution in [2.75, 3.05) is 24.3 Å². The third kappa shape index (κ3) is 4.49. The predicted octanol–water partition coefficient (Wildman–Crippen LogP) is 2.49. The van der Waals surface area contributed by atoms with Crippen molar-refractivity contribution in [1.82, 2.24) is 9.78 Å². The minimum Gasteiger partial charge on any atom is -0.497 e. The van der Waals surface area contributed by atoms with E-state index in [-0.39, 0.29) is 16.6 Å². The number of hydrogen-bond acceptors (Lipinski definition) is 6. The molecule has 2 N–H and O–H groups in total. The van der Waals surface area contributed by atoms with E-state index in [9.17, 15) is 13.2 Å². The summed E-state index contributed by atoms with van der Waals surface area (Å²) < 4.78 is 39.9. The molecule has 0 aliphatic carbocycles. The van der Waals surface area contributed by atoms with E-state index in [0.29, 0.717) is 22.8 Å². The minimum absolute atomic E-state index is 0.0682. The van der Waals surface area contributed by atoms with E-state index in [1.807, 2.05) is 0 Å². The van der Waals surface area contributed by atoms with Crippen molar-refractivity contribution in [2.45, 2.75) is 4.90 Å². The lowest BCUT2D eigenvalue weighted by molar-refractivity contribution is 0.101. The van der Waals surface area contributed by atoms with E-state index in [1.54, 1.807) is 37.4 Å². The number of carbonyl (C=O) groups excluding carboxylic acids is 1. The largest absolute Gasteiger partial charge is 0.497 e. The molecule has 1 amide bonds. The Morgan fingerprint density at radius 1 is 1.03 bits per heavy atom. The highest BCUT2D eigenvalue weighted by Crippen LogP contribution is 2.29. The highest BCUT2D eigenvalue weighted by molar-refractivity contribution is 7.92.